The maximum Gasteiger partial charge on any atom is 0.407 e. The van der Waals surface area contributed by atoms with Gasteiger partial charge in [0.1, 0.15) is 11.8 Å². The molecular formula is C15H28N2O5. The number of carboxylic acids is 1. The molecule has 0 radical (unpaired) electrons. The zero-order chi connectivity index (χ0) is 16.9. The number of nitrogens with zero attached hydrogens (tertiary/aromatic N) is 1. The predicted molar refractivity (Wildman–Crippen MR) is 81.4 cm³/mol. The number of aliphatic carboxylic acids is 1. The van der Waals surface area contributed by atoms with Gasteiger partial charge in [-0.25, -0.2) is 4.79 Å². The van der Waals surface area contributed by atoms with E-state index in [4.69, 9.17) is 9.84 Å². The van der Waals surface area contributed by atoms with E-state index in [1.165, 1.54) is 0 Å². The van der Waals surface area contributed by atoms with Gasteiger partial charge in [-0.3, -0.25) is 9.69 Å². The van der Waals surface area contributed by atoms with Gasteiger partial charge in [0.2, 0.25) is 0 Å². The molecule has 0 bridgehead atoms. The summed E-state index contributed by atoms with van der Waals surface area (Å²) in [6.45, 7) is 8.29. The zero-order valence-electron chi connectivity index (χ0n) is 13.8. The molecule has 1 fully saturated rings. The van der Waals surface area contributed by atoms with E-state index in [1.54, 1.807) is 20.8 Å². The fourth-order valence-electron chi connectivity index (χ4n) is 2.50. The highest BCUT2D eigenvalue weighted by molar-refractivity contribution is 5.71. The van der Waals surface area contributed by atoms with Crippen molar-refractivity contribution in [3.8, 4) is 0 Å². The number of hydrogen-bond acceptors (Lipinski definition) is 5. The van der Waals surface area contributed by atoms with Crippen LogP contribution in [0.15, 0.2) is 0 Å². The second-order valence-electron chi connectivity index (χ2n) is 7.05. The second kappa shape index (κ2) is 7.78. The number of carboxylic acid groups (broad SMARTS) is 1. The van der Waals surface area contributed by atoms with Crippen molar-refractivity contribution in [3.05, 3.63) is 0 Å². The fourth-order valence-corrected chi connectivity index (χ4v) is 2.50. The first-order chi connectivity index (χ1) is 10.1. The molecule has 3 N–H and O–H groups in total. The molecule has 7 heteroatoms. The number of carbonyl (C=O) groups excluding carboxylic acids is 1. The number of carbonyl (C=O) groups is 2. The minimum absolute atomic E-state index is 0.210. The third-order valence-corrected chi connectivity index (χ3v) is 3.54. The molecule has 0 aromatic heterocycles. The number of rotatable bonds is 5. The van der Waals surface area contributed by atoms with E-state index in [1.807, 2.05) is 4.90 Å². The van der Waals surface area contributed by atoms with Gasteiger partial charge >= 0.3 is 12.1 Å². The second-order valence-corrected chi connectivity index (χ2v) is 7.05. The third kappa shape index (κ3) is 7.09. The first kappa shape index (κ1) is 18.7. The van der Waals surface area contributed by atoms with Crippen LogP contribution < -0.4 is 5.32 Å². The third-order valence-electron chi connectivity index (χ3n) is 3.54. The van der Waals surface area contributed by atoms with Gasteiger partial charge in [-0.2, -0.15) is 0 Å². The van der Waals surface area contributed by atoms with Crippen LogP contribution in [0, 0.1) is 5.92 Å². The Balaban J connectivity index is 2.60. The largest absolute Gasteiger partial charge is 0.481 e. The topological polar surface area (TPSA) is 99.1 Å². The van der Waals surface area contributed by atoms with Crippen molar-refractivity contribution in [2.75, 3.05) is 13.1 Å². The van der Waals surface area contributed by atoms with Gasteiger partial charge in [0.15, 0.2) is 0 Å². The highest BCUT2D eigenvalue weighted by atomic mass is 16.6. The Hall–Kier alpha value is -1.34. The molecule has 1 aliphatic heterocycles. The summed E-state index contributed by atoms with van der Waals surface area (Å²) in [4.78, 5) is 24.6. The number of alkyl carbamates (subject to hydrolysis) is 1. The number of amides is 1. The standard InChI is InChI=1S/C15H28N2O5/c1-10-5-6-17(12(18)7-10)9-11(8-13(19)20)16-14(21)22-15(2,3)4/h10-12,18H,5-9H2,1-4H3,(H,16,21)(H,19,20)/t10?,11-,12?/m0/s1. The van der Waals surface area contributed by atoms with E-state index in [0.717, 1.165) is 6.42 Å². The van der Waals surface area contributed by atoms with Crippen molar-refractivity contribution in [1.29, 1.82) is 0 Å². The Morgan fingerprint density at radius 3 is 2.55 bits per heavy atom. The van der Waals surface area contributed by atoms with Crippen LogP contribution in [0.3, 0.4) is 0 Å². The number of aliphatic hydroxyl groups is 1. The maximum atomic E-state index is 11.8. The van der Waals surface area contributed by atoms with Crippen molar-refractivity contribution >= 4 is 12.1 Å². The van der Waals surface area contributed by atoms with Gasteiger partial charge in [0.25, 0.3) is 0 Å². The number of piperidine rings is 1. The van der Waals surface area contributed by atoms with Gasteiger partial charge in [0, 0.05) is 13.1 Å². The average Bonchev–Trinajstić information content (AvgIpc) is 2.29. The molecule has 1 amide bonds. The van der Waals surface area contributed by atoms with Crippen molar-refractivity contribution in [2.24, 2.45) is 5.92 Å². The smallest absolute Gasteiger partial charge is 0.407 e. The van der Waals surface area contributed by atoms with E-state index in [0.29, 0.717) is 25.4 Å². The molecule has 1 saturated heterocycles. The Kier molecular flexibility index (Phi) is 6.62. The van der Waals surface area contributed by atoms with E-state index >= 15 is 0 Å². The number of likely N-dealkylation sites (tertiary alicyclic amines) is 1. The van der Waals surface area contributed by atoms with Crippen LogP contribution in [0.1, 0.15) is 47.0 Å². The van der Waals surface area contributed by atoms with E-state index < -0.39 is 29.9 Å². The van der Waals surface area contributed by atoms with Crippen LogP contribution >= 0.6 is 0 Å². The lowest BCUT2D eigenvalue weighted by Gasteiger charge is -2.37. The van der Waals surface area contributed by atoms with E-state index in [-0.39, 0.29) is 6.42 Å². The van der Waals surface area contributed by atoms with Gasteiger partial charge in [-0.1, -0.05) is 6.92 Å². The first-order valence-corrected chi connectivity index (χ1v) is 7.70. The molecule has 0 aliphatic carbocycles. The van der Waals surface area contributed by atoms with Gasteiger partial charge < -0.3 is 20.3 Å². The molecule has 3 atom stereocenters. The lowest BCUT2D eigenvalue weighted by molar-refractivity contribution is -0.138. The maximum absolute atomic E-state index is 11.8. The van der Waals surface area contributed by atoms with Crippen LogP contribution in [-0.4, -0.2) is 58.1 Å². The normalized spacial score (nSPS) is 24.6. The molecule has 0 spiro atoms. The van der Waals surface area contributed by atoms with Gasteiger partial charge in [-0.05, 0) is 39.5 Å². The average molecular weight is 316 g/mol. The lowest BCUT2D eigenvalue weighted by Crippen LogP contribution is -2.51. The van der Waals surface area contributed by atoms with Crippen LogP contribution in [0.5, 0.6) is 0 Å². The summed E-state index contributed by atoms with van der Waals surface area (Å²) >= 11 is 0. The van der Waals surface area contributed by atoms with Crippen LogP contribution in [0.2, 0.25) is 0 Å². The molecule has 0 saturated carbocycles. The molecule has 1 heterocycles. The first-order valence-electron chi connectivity index (χ1n) is 7.70. The predicted octanol–water partition coefficient (Wildman–Crippen LogP) is 1.40. The summed E-state index contributed by atoms with van der Waals surface area (Å²) in [5.41, 5.74) is -0.641. The molecule has 7 nitrogen and oxygen atoms in total. The molecule has 22 heavy (non-hydrogen) atoms. The highest BCUT2D eigenvalue weighted by Gasteiger charge is 2.29. The Bertz CT molecular complexity index is 394. The summed E-state index contributed by atoms with van der Waals surface area (Å²) in [6.07, 6.45) is 0.159. The number of ether oxygens (including phenoxy) is 1. The lowest BCUT2D eigenvalue weighted by atomic mass is 9.97. The van der Waals surface area contributed by atoms with Crippen molar-refractivity contribution < 1.29 is 24.5 Å². The number of hydrogen-bond donors (Lipinski definition) is 3. The molecule has 2 unspecified atom stereocenters. The Morgan fingerprint density at radius 1 is 1.41 bits per heavy atom. The van der Waals surface area contributed by atoms with Crippen molar-refractivity contribution in [1.82, 2.24) is 10.2 Å². The minimum atomic E-state index is -0.999. The van der Waals surface area contributed by atoms with Crippen LogP contribution in [0.4, 0.5) is 4.79 Å². The van der Waals surface area contributed by atoms with Gasteiger partial charge in [-0.15, -0.1) is 0 Å². The molecule has 128 valence electrons. The van der Waals surface area contributed by atoms with Crippen molar-refractivity contribution in [3.63, 3.8) is 0 Å². The van der Waals surface area contributed by atoms with Crippen LogP contribution in [0.25, 0.3) is 0 Å². The summed E-state index contributed by atoms with van der Waals surface area (Å²) in [6, 6.07) is -0.601. The Morgan fingerprint density at radius 2 is 2.05 bits per heavy atom. The molecule has 1 rings (SSSR count). The molecule has 0 aromatic rings. The quantitative estimate of drug-likeness (QED) is 0.709. The monoisotopic (exact) mass is 316 g/mol. The minimum Gasteiger partial charge on any atom is -0.481 e. The highest BCUT2D eigenvalue weighted by Crippen LogP contribution is 2.21. The molecule has 1 aliphatic rings. The van der Waals surface area contributed by atoms with Gasteiger partial charge in [0.05, 0.1) is 12.5 Å². The van der Waals surface area contributed by atoms with E-state index in [2.05, 4.69) is 12.2 Å². The van der Waals surface area contributed by atoms with Crippen LogP contribution in [-0.2, 0) is 9.53 Å². The fraction of sp³-hybridized carbons (Fsp3) is 0.867. The SMILES string of the molecule is CC1CCN(C[C@H](CC(=O)O)NC(=O)OC(C)(C)C)C(O)C1. The molecule has 0 aromatic carbocycles. The summed E-state index contributed by atoms with van der Waals surface area (Å²) in [7, 11) is 0. The van der Waals surface area contributed by atoms with Crippen molar-refractivity contribution in [2.45, 2.75) is 64.8 Å². The number of aliphatic hydroxyl groups excluding tert-OH is 1. The zero-order valence-corrected chi connectivity index (χ0v) is 13.8. The molecular weight excluding hydrogens is 288 g/mol. The number of nitrogens with one attached hydrogen (secondary N) is 1. The van der Waals surface area contributed by atoms with E-state index in [9.17, 15) is 14.7 Å². The summed E-state index contributed by atoms with van der Waals surface area (Å²) in [5, 5.41) is 21.7. The summed E-state index contributed by atoms with van der Waals surface area (Å²) in [5.74, 6) is -0.552. The Labute approximate surface area is 131 Å². The summed E-state index contributed by atoms with van der Waals surface area (Å²) < 4.78 is 5.16.